The van der Waals surface area contributed by atoms with Gasteiger partial charge in [0.2, 0.25) is 5.95 Å². The summed E-state index contributed by atoms with van der Waals surface area (Å²) in [6.07, 6.45) is 0.162. The molecule has 0 aliphatic carbocycles. The Labute approximate surface area is 170 Å². The van der Waals surface area contributed by atoms with Gasteiger partial charge in [-0.25, -0.2) is 9.78 Å². The largest absolute Gasteiger partial charge is 0.477 e. The first-order valence-corrected chi connectivity index (χ1v) is 9.14. The molecule has 0 bridgehead atoms. The van der Waals surface area contributed by atoms with Crippen LogP contribution in [0.5, 0.6) is 0 Å². The molecule has 8 heteroatoms. The molecule has 1 aromatic carbocycles. The van der Waals surface area contributed by atoms with E-state index in [0.29, 0.717) is 28.5 Å². The minimum atomic E-state index is -1.34. The molecule has 144 valence electrons. The van der Waals surface area contributed by atoms with Crippen molar-refractivity contribution in [2.45, 2.75) is 19.9 Å². The van der Waals surface area contributed by atoms with Crippen LogP contribution in [0, 0.1) is 5.95 Å². The quantitative estimate of drug-likeness (QED) is 0.608. The highest BCUT2D eigenvalue weighted by Crippen LogP contribution is 2.30. The number of rotatable bonds is 5. The molecule has 28 heavy (non-hydrogen) atoms. The Morgan fingerprint density at radius 2 is 1.93 bits per heavy atom. The maximum absolute atomic E-state index is 13.4. The lowest BCUT2D eigenvalue weighted by Crippen LogP contribution is -2.23. The lowest BCUT2D eigenvalue weighted by molar-refractivity contribution is 0.0695. The molecule has 2 heterocycles. The van der Waals surface area contributed by atoms with E-state index in [2.05, 4.69) is 4.98 Å². The second kappa shape index (κ2) is 8.12. The summed E-state index contributed by atoms with van der Waals surface area (Å²) in [7, 11) is 0. The van der Waals surface area contributed by atoms with Crippen LogP contribution in [0.3, 0.4) is 0 Å². The summed E-state index contributed by atoms with van der Waals surface area (Å²) in [5.74, 6) is -1.97. The van der Waals surface area contributed by atoms with Crippen LogP contribution in [0.2, 0.25) is 10.0 Å². The SMILES string of the molecule is CCn1c(Cc2cccc(F)n2)cc(=O)c(C(=O)O)c1-c1ccc(Cl)c(Cl)c1. The van der Waals surface area contributed by atoms with Crippen LogP contribution in [0.4, 0.5) is 4.39 Å². The molecule has 0 aliphatic heterocycles. The van der Waals surface area contributed by atoms with E-state index >= 15 is 0 Å². The monoisotopic (exact) mass is 420 g/mol. The number of hydrogen-bond donors (Lipinski definition) is 1. The van der Waals surface area contributed by atoms with Crippen molar-refractivity contribution >= 4 is 29.2 Å². The minimum Gasteiger partial charge on any atom is -0.477 e. The Morgan fingerprint density at radius 1 is 1.18 bits per heavy atom. The summed E-state index contributed by atoms with van der Waals surface area (Å²) in [5, 5.41) is 10.2. The molecule has 0 fully saturated rings. The van der Waals surface area contributed by atoms with Crippen LogP contribution in [0.15, 0.2) is 47.3 Å². The molecule has 0 saturated heterocycles. The van der Waals surface area contributed by atoms with E-state index < -0.39 is 17.3 Å². The standard InChI is InChI=1S/C20H15Cl2FN2O3/c1-2-25-13(9-12-4-3-5-17(23)24-12)10-16(26)18(20(27)28)19(25)11-6-7-14(21)15(22)8-11/h3-8,10H,2,9H2,1H3,(H,27,28). The maximum atomic E-state index is 13.4. The van der Waals surface area contributed by atoms with E-state index in [4.69, 9.17) is 23.2 Å². The number of benzene rings is 1. The van der Waals surface area contributed by atoms with Crippen LogP contribution in [-0.2, 0) is 13.0 Å². The van der Waals surface area contributed by atoms with Crippen molar-refractivity contribution < 1.29 is 14.3 Å². The van der Waals surface area contributed by atoms with Crippen LogP contribution in [0.1, 0.15) is 28.7 Å². The zero-order valence-electron chi connectivity index (χ0n) is 14.7. The van der Waals surface area contributed by atoms with Gasteiger partial charge in [-0.2, -0.15) is 4.39 Å². The summed E-state index contributed by atoms with van der Waals surface area (Å²) in [5.41, 5.74) is 0.578. The Kier molecular flexibility index (Phi) is 5.82. The molecule has 0 spiro atoms. The topological polar surface area (TPSA) is 72.2 Å². The number of carboxylic acids is 1. The third kappa shape index (κ3) is 3.93. The normalized spacial score (nSPS) is 10.9. The second-order valence-corrected chi connectivity index (χ2v) is 6.84. The molecule has 0 radical (unpaired) electrons. The van der Waals surface area contributed by atoms with E-state index in [1.165, 1.54) is 30.3 Å². The number of nitrogens with zero attached hydrogens (tertiary/aromatic N) is 2. The lowest BCUT2D eigenvalue weighted by Gasteiger charge is -2.20. The van der Waals surface area contributed by atoms with Gasteiger partial charge >= 0.3 is 5.97 Å². The van der Waals surface area contributed by atoms with Crippen molar-refractivity contribution in [1.29, 1.82) is 0 Å². The zero-order valence-corrected chi connectivity index (χ0v) is 16.3. The van der Waals surface area contributed by atoms with Gasteiger partial charge in [0.15, 0.2) is 5.43 Å². The molecular weight excluding hydrogens is 406 g/mol. The number of aromatic carboxylic acids is 1. The highest BCUT2D eigenvalue weighted by molar-refractivity contribution is 6.42. The summed E-state index contributed by atoms with van der Waals surface area (Å²) in [6, 6.07) is 10.3. The Morgan fingerprint density at radius 3 is 2.54 bits per heavy atom. The number of halogens is 3. The fraction of sp³-hybridized carbons (Fsp3) is 0.150. The Balaban J connectivity index is 2.28. The number of carboxylic acid groups (broad SMARTS) is 1. The molecule has 3 rings (SSSR count). The predicted molar refractivity (Wildman–Crippen MR) is 106 cm³/mol. The first kappa shape index (κ1) is 20.0. The van der Waals surface area contributed by atoms with Crippen molar-refractivity contribution in [3.05, 3.63) is 85.6 Å². The van der Waals surface area contributed by atoms with Crippen molar-refractivity contribution in [2.75, 3.05) is 0 Å². The molecule has 2 aromatic heterocycles. The summed E-state index contributed by atoms with van der Waals surface area (Å²) >= 11 is 12.1. The van der Waals surface area contributed by atoms with Crippen LogP contribution in [0.25, 0.3) is 11.3 Å². The summed E-state index contributed by atoms with van der Waals surface area (Å²) in [6.45, 7) is 2.19. The van der Waals surface area contributed by atoms with Crippen LogP contribution < -0.4 is 5.43 Å². The van der Waals surface area contributed by atoms with Crippen molar-refractivity contribution in [1.82, 2.24) is 9.55 Å². The average Bonchev–Trinajstić information content (AvgIpc) is 2.63. The summed E-state index contributed by atoms with van der Waals surface area (Å²) in [4.78, 5) is 28.2. The number of aromatic nitrogens is 2. The number of carbonyl (C=O) groups is 1. The molecule has 5 nitrogen and oxygen atoms in total. The van der Waals surface area contributed by atoms with Gasteiger partial charge < -0.3 is 9.67 Å². The first-order chi connectivity index (χ1) is 13.3. The third-order valence-corrected chi connectivity index (χ3v) is 4.99. The van der Waals surface area contributed by atoms with Crippen LogP contribution >= 0.6 is 23.2 Å². The molecular formula is C20H15Cl2FN2O3. The van der Waals surface area contributed by atoms with E-state index in [0.717, 1.165) is 0 Å². The third-order valence-electron chi connectivity index (χ3n) is 4.26. The van der Waals surface area contributed by atoms with Gasteiger partial charge in [-0.15, -0.1) is 0 Å². The van der Waals surface area contributed by atoms with E-state index in [1.807, 2.05) is 6.92 Å². The molecule has 0 amide bonds. The Bertz CT molecular complexity index is 1130. The number of hydrogen-bond acceptors (Lipinski definition) is 3. The molecule has 0 atom stereocenters. The number of pyridine rings is 2. The first-order valence-electron chi connectivity index (χ1n) is 8.38. The Hall–Kier alpha value is -2.70. The highest BCUT2D eigenvalue weighted by atomic mass is 35.5. The summed E-state index contributed by atoms with van der Waals surface area (Å²) < 4.78 is 15.1. The average molecular weight is 421 g/mol. The van der Waals surface area contributed by atoms with E-state index in [1.54, 1.807) is 16.7 Å². The van der Waals surface area contributed by atoms with Gasteiger partial charge in [-0.1, -0.05) is 35.3 Å². The predicted octanol–water partition coefficient (Wildman–Crippen LogP) is 4.67. The molecule has 0 saturated carbocycles. The highest BCUT2D eigenvalue weighted by Gasteiger charge is 2.22. The van der Waals surface area contributed by atoms with Gasteiger partial charge in [-0.3, -0.25) is 4.79 Å². The molecule has 3 aromatic rings. The smallest absolute Gasteiger partial charge is 0.341 e. The second-order valence-electron chi connectivity index (χ2n) is 6.03. The molecule has 0 unspecified atom stereocenters. The van der Waals surface area contributed by atoms with Gasteiger partial charge in [0.1, 0.15) is 5.56 Å². The van der Waals surface area contributed by atoms with E-state index in [-0.39, 0.29) is 22.7 Å². The fourth-order valence-electron chi connectivity index (χ4n) is 3.09. The molecule has 1 N–H and O–H groups in total. The van der Waals surface area contributed by atoms with Crippen molar-refractivity contribution in [3.8, 4) is 11.3 Å². The minimum absolute atomic E-state index is 0.162. The van der Waals surface area contributed by atoms with Gasteiger partial charge in [0, 0.05) is 36.0 Å². The zero-order chi connectivity index (χ0) is 20.4. The van der Waals surface area contributed by atoms with Crippen LogP contribution in [-0.4, -0.2) is 20.6 Å². The fourth-order valence-corrected chi connectivity index (χ4v) is 3.39. The van der Waals surface area contributed by atoms with Crippen molar-refractivity contribution in [3.63, 3.8) is 0 Å². The molecule has 0 aliphatic rings. The van der Waals surface area contributed by atoms with Gasteiger partial charge in [0.05, 0.1) is 15.7 Å². The van der Waals surface area contributed by atoms with Gasteiger partial charge in [0.25, 0.3) is 0 Å². The van der Waals surface area contributed by atoms with Gasteiger partial charge in [-0.05, 0) is 31.2 Å². The van der Waals surface area contributed by atoms with E-state index in [9.17, 15) is 19.1 Å². The lowest BCUT2D eigenvalue weighted by atomic mass is 10.0. The van der Waals surface area contributed by atoms with Crippen molar-refractivity contribution in [2.24, 2.45) is 0 Å². The maximum Gasteiger partial charge on any atom is 0.341 e.